The van der Waals surface area contributed by atoms with Gasteiger partial charge in [0.05, 0.1) is 17.1 Å². The van der Waals surface area contributed by atoms with Gasteiger partial charge in [-0.25, -0.2) is 0 Å². The summed E-state index contributed by atoms with van der Waals surface area (Å²) in [5, 5.41) is 4.91. The maximum atomic E-state index is 2.56. The average Bonchev–Trinajstić information content (AvgIpc) is 3.25. The molecule has 9 aromatic carbocycles. The molecule has 0 saturated carbocycles. The summed E-state index contributed by atoms with van der Waals surface area (Å²) in [4.78, 5) is 4.94. The minimum atomic E-state index is -0.236. The fraction of sp³-hybridized carbons (Fsp3) is 0.0566. The molecule has 55 heavy (non-hydrogen) atoms. The molecule has 0 N–H and O–H groups in total. The Morgan fingerprint density at radius 1 is 0.382 bits per heavy atom. The molecule has 2 nitrogen and oxygen atoms in total. The van der Waals surface area contributed by atoms with Crippen LogP contribution in [0, 0.1) is 0 Å². The molecule has 9 aromatic rings. The molecule has 0 radical (unpaired) electrons. The van der Waals surface area contributed by atoms with Crippen LogP contribution in [0.4, 0.5) is 34.1 Å². The number of nitrogens with zero attached hydrogens (tertiary/aromatic N) is 2. The van der Waals surface area contributed by atoms with Gasteiger partial charge in [-0.3, -0.25) is 0 Å². The van der Waals surface area contributed by atoms with E-state index in [-0.39, 0.29) is 5.41 Å². The summed E-state index contributed by atoms with van der Waals surface area (Å²) in [6.45, 7) is 4.74. The Bertz CT molecular complexity index is 2830. The molecule has 0 atom stereocenters. The van der Waals surface area contributed by atoms with E-state index in [4.69, 9.17) is 0 Å². The van der Waals surface area contributed by atoms with Crippen molar-refractivity contribution in [2.24, 2.45) is 0 Å². The fourth-order valence-corrected chi connectivity index (χ4v) is 8.72. The van der Waals surface area contributed by atoms with Gasteiger partial charge in [0.2, 0.25) is 0 Å². The van der Waals surface area contributed by atoms with E-state index in [1.54, 1.807) is 0 Å². The zero-order valence-electron chi connectivity index (χ0n) is 31.0. The third-order valence-corrected chi connectivity index (χ3v) is 11.4. The summed E-state index contributed by atoms with van der Waals surface area (Å²) in [5.41, 5.74) is 14.1. The van der Waals surface area contributed by atoms with Gasteiger partial charge in [0, 0.05) is 33.4 Å². The lowest BCUT2D eigenvalue weighted by atomic mass is 9.73. The van der Waals surface area contributed by atoms with Crippen LogP contribution in [0.1, 0.15) is 25.0 Å². The third kappa shape index (κ3) is 5.49. The van der Waals surface area contributed by atoms with E-state index >= 15 is 0 Å². The molecular formula is C53H40N2. The van der Waals surface area contributed by atoms with Crippen molar-refractivity contribution in [3.8, 4) is 22.3 Å². The molecule has 0 fully saturated rings. The molecule has 0 aliphatic carbocycles. The monoisotopic (exact) mass is 704 g/mol. The van der Waals surface area contributed by atoms with Crippen LogP contribution in [-0.4, -0.2) is 0 Å². The van der Waals surface area contributed by atoms with Crippen LogP contribution in [0.3, 0.4) is 0 Å². The van der Waals surface area contributed by atoms with Gasteiger partial charge < -0.3 is 9.80 Å². The SMILES string of the molecule is CC1(C)c2ccccc2N(c2c(-c3cccc4ccccc34)ccc3ccccc23)c2cc(N(c3ccccc3)c3ccc(-c4ccccc4)cc3)ccc21. The molecule has 2 heteroatoms. The quantitative estimate of drug-likeness (QED) is 0.170. The van der Waals surface area contributed by atoms with Gasteiger partial charge in [0.25, 0.3) is 0 Å². The summed E-state index contributed by atoms with van der Waals surface area (Å²) >= 11 is 0. The van der Waals surface area contributed by atoms with Gasteiger partial charge in [0.1, 0.15) is 0 Å². The van der Waals surface area contributed by atoms with Crippen molar-refractivity contribution in [1.29, 1.82) is 0 Å². The third-order valence-electron chi connectivity index (χ3n) is 11.4. The highest BCUT2D eigenvalue weighted by Crippen LogP contribution is 2.56. The van der Waals surface area contributed by atoms with Crippen LogP contribution >= 0.6 is 0 Å². The van der Waals surface area contributed by atoms with Gasteiger partial charge in [0.15, 0.2) is 0 Å². The van der Waals surface area contributed by atoms with Gasteiger partial charge in [-0.05, 0) is 86.4 Å². The van der Waals surface area contributed by atoms with Crippen molar-refractivity contribution in [1.82, 2.24) is 0 Å². The highest BCUT2D eigenvalue weighted by molar-refractivity contribution is 6.11. The molecule has 262 valence electrons. The second-order valence-corrected chi connectivity index (χ2v) is 15.0. The highest BCUT2D eigenvalue weighted by Gasteiger charge is 2.38. The van der Waals surface area contributed by atoms with Crippen molar-refractivity contribution >= 4 is 55.7 Å². The Hall–Kier alpha value is -6.90. The molecule has 10 rings (SSSR count). The summed E-state index contributed by atoms with van der Waals surface area (Å²) in [6, 6.07) is 75.2. The molecule has 0 spiro atoms. The number of fused-ring (bicyclic) bond motifs is 4. The highest BCUT2D eigenvalue weighted by atomic mass is 15.2. The molecule has 0 unspecified atom stereocenters. The van der Waals surface area contributed by atoms with Crippen molar-refractivity contribution in [2.75, 3.05) is 9.80 Å². The molecule has 0 amide bonds. The maximum absolute atomic E-state index is 2.56. The lowest BCUT2D eigenvalue weighted by molar-refractivity contribution is 0.632. The fourth-order valence-electron chi connectivity index (χ4n) is 8.72. The molecular weight excluding hydrogens is 665 g/mol. The van der Waals surface area contributed by atoms with Gasteiger partial charge in [-0.1, -0.05) is 178 Å². The summed E-state index contributed by atoms with van der Waals surface area (Å²) in [7, 11) is 0. The molecule has 1 aliphatic heterocycles. The van der Waals surface area contributed by atoms with Crippen molar-refractivity contribution < 1.29 is 0 Å². The lowest BCUT2D eigenvalue weighted by Crippen LogP contribution is -2.31. The number of anilines is 6. The lowest BCUT2D eigenvalue weighted by Gasteiger charge is -2.43. The zero-order chi connectivity index (χ0) is 36.9. The topological polar surface area (TPSA) is 6.48 Å². The first-order valence-corrected chi connectivity index (χ1v) is 19.1. The van der Waals surface area contributed by atoms with Crippen LogP contribution in [0.15, 0.2) is 206 Å². The van der Waals surface area contributed by atoms with E-state index in [0.29, 0.717) is 0 Å². The summed E-state index contributed by atoms with van der Waals surface area (Å²) < 4.78 is 0. The smallest absolute Gasteiger partial charge is 0.0618 e. The van der Waals surface area contributed by atoms with E-state index in [0.717, 1.165) is 17.1 Å². The zero-order valence-corrected chi connectivity index (χ0v) is 31.0. The molecule has 1 heterocycles. The first kappa shape index (κ1) is 32.7. The Morgan fingerprint density at radius 2 is 0.945 bits per heavy atom. The second-order valence-electron chi connectivity index (χ2n) is 15.0. The van der Waals surface area contributed by atoms with Gasteiger partial charge >= 0.3 is 0 Å². The van der Waals surface area contributed by atoms with Gasteiger partial charge in [-0.2, -0.15) is 0 Å². The van der Waals surface area contributed by atoms with Crippen molar-refractivity contribution in [3.63, 3.8) is 0 Å². The molecule has 0 saturated heterocycles. The number of para-hydroxylation sites is 2. The van der Waals surface area contributed by atoms with E-state index in [1.807, 2.05) is 0 Å². The summed E-state index contributed by atoms with van der Waals surface area (Å²) in [6.07, 6.45) is 0. The second kappa shape index (κ2) is 13.2. The number of hydrogen-bond donors (Lipinski definition) is 0. The summed E-state index contributed by atoms with van der Waals surface area (Å²) in [5.74, 6) is 0. The van der Waals surface area contributed by atoms with Crippen LogP contribution in [0.25, 0.3) is 43.8 Å². The first-order chi connectivity index (χ1) is 27.1. The van der Waals surface area contributed by atoms with E-state index in [9.17, 15) is 0 Å². The Balaban J connectivity index is 1.24. The molecule has 0 bridgehead atoms. The van der Waals surface area contributed by atoms with Crippen molar-refractivity contribution in [2.45, 2.75) is 19.3 Å². The predicted molar refractivity (Wildman–Crippen MR) is 234 cm³/mol. The van der Waals surface area contributed by atoms with Crippen LogP contribution in [0.5, 0.6) is 0 Å². The molecule has 1 aliphatic rings. The van der Waals surface area contributed by atoms with Crippen LogP contribution < -0.4 is 9.80 Å². The Morgan fingerprint density at radius 3 is 1.73 bits per heavy atom. The van der Waals surface area contributed by atoms with E-state index in [2.05, 4.69) is 230 Å². The normalized spacial score (nSPS) is 13.0. The standard InChI is InChI=1S/C53H40N2/c1-53(2)48-26-13-14-27-50(48)55(52-45-24-12-10-19-40(45)30-34-47(52)46-25-15-20-39-18-9-11-23-44(39)46)51-36-43(33-35-49(51)53)54(41-21-7-4-8-22-41)42-31-28-38(29-32-42)37-16-5-3-6-17-37/h3-36H,1-2H3. The molecule has 0 aromatic heterocycles. The van der Waals surface area contributed by atoms with E-state index < -0.39 is 0 Å². The van der Waals surface area contributed by atoms with Gasteiger partial charge in [-0.15, -0.1) is 0 Å². The predicted octanol–water partition coefficient (Wildman–Crippen LogP) is 14.9. The Labute approximate surface area is 323 Å². The first-order valence-electron chi connectivity index (χ1n) is 19.1. The largest absolute Gasteiger partial charge is 0.310 e. The van der Waals surface area contributed by atoms with E-state index in [1.165, 1.54) is 72.0 Å². The minimum Gasteiger partial charge on any atom is -0.310 e. The number of benzene rings is 9. The van der Waals surface area contributed by atoms with Crippen LogP contribution in [0.2, 0.25) is 0 Å². The number of rotatable bonds is 6. The van der Waals surface area contributed by atoms with Crippen molar-refractivity contribution in [3.05, 3.63) is 217 Å². The average molecular weight is 705 g/mol. The Kier molecular flexibility index (Phi) is 7.85. The minimum absolute atomic E-state index is 0.236. The van der Waals surface area contributed by atoms with Crippen LogP contribution in [-0.2, 0) is 5.41 Å². The number of hydrogen-bond acceptors (Lipinski definition) is 2. The maximum Gasteiger partial charge on any atom is 0.0618 e.